The largest absolute Gasteiger partial charge is 0.489 e. The normalized spacial score (nSPS) is 11.6. The molecule has 3 aromatic carbocycles. The highest BCUT2D eigenvalue weighted by molar-refractivity contribution is 5.78. The monoisotopic (exact) mass is 360 g/mol. The molecule has 0 spiro atoms. The summed E-state index contributed by atoms with van der Waals surface area (Å²) in [4.78, 5) is 12.4. The molecule has 0 aromatic heterocycles. The Bertz CT molecular complexity index is 827. The molecule has 0 bridgehead atoms. The van der Waals surface area contributed by atoms with E-state index in [1.165, 1.54) is 0 Å². The summed E-state index contributed by atoms with van der Waals surface area (Å²) in [6, 6.07) is 27.8. The van der Waals surface area contributed by atoms with Crippen LogP contribution in [-0.2, 0) is 22.6 Å². The van der Waals surface area contributed by atoms with Crippen LogP contribution in [0, 0.1) is 0 Å². The quantitative estimate of drug-likeness (QED) is 0.521. The van der Waals surface area contributed by atoms with E-state index in [-0.39, 0.29) is 11.9 Å². The van der Waals surface area contributed by atoms with E-state index >= 15 is 0 Å². The first kappa shape index (κ1) is 18.7. The lowest BCUT2D eigenvalue weighted by Gasteiger charge is -2.16. The average Bonchev–Trinajstić information content (AvgIpc) is 2.73. The van der Waals surface area contributed by atoms with Gasteiger partial charge in [0, 0.05) is 0 Å². The number of carbonyl (C=O) groups is 1. The van der Waals surface area contributed by atoms with Crippen molar-refractivity contribution in [3.8, 4) is 5.75 Å². The predicted octanol–water partition coefficient (Wildman–Crippen LogP) is 5.16. The van der Waals surface area contributed by atoms with Gasteiger partial charge in [0.05, 0.1) is 12.5 Å². The van der Waals surface area contributed by atoms with E-state index in [0.29, 0.717) is 19.6 Å². The van der Waals surface area contributed by atoms with E-state index < -0.39 is 0 Å². The molecule has 0 saturated carbocycles. The maximum atomic E-state index is 12.4. The van der Waals surface area contributed by atoms with Crippen molar-refractivity contribution >= 4 is 5.97 Å². The number of ether oxygens (including phenoxy) is 2. The van der Waals surface area contributed by atoms with Crippen molar-refractivity contribution in [1.29, 1.82) is 0 Å². The highest BCUT2D eigenvalue weighted by Gasteiger charge is 2.22. The first-order valence-electron chi connectivity index (χ1n) is 9.23. The molecule has 3 nitrogen and oxygen atoms in total. The van der Waals surface area contributed by atoms with Crippen molar-refractivity contribution < 1.29 is 14.3 Å². The van der Waals surface area contributed by atoms with Crippen molar-refractivity contribution in [2.75, 3.05) is 6.61 Å². The van der Waals surface area contributed by atoms with E-state index in [9.17, 15) is 4.79 Å². The Hall–Kier alpha value is -3.07. The van der Waals surface area contributed by atoms with Gasteiger partial charge in [0.15, 0.2) is 0 Å². The number of hydrogen-bond acceptors (Lipinski definition) is 3. The second kappa shape index (κ2) is 9.58. The SMILES string of the molecule is CCOC(=O)C(Cc1ccc(OCc2ccccc2)cc1)c1ccccc1. The zero-order valence-corrected chi connectivity index (χ0v) is 15.5. The van der Waals surface area contributed by atoms with Gasteiger partial charge in [0.1, 0.15) is 12.4 Å². The van der Waals surface area contributed by atoms with Crippen LogP contribution in [0.25, 0.3) is 0 Å². The second-order valence-corrected chi connectivity index (χ2v) is 6.34. The fourth-order valence-electron chi connectivity index (χ4n) is 2.96. The fraction of sp³-hybridized carbons (Fsp3) is 0.208. The van der Waals surface area contributed by atoms with Gasteiger partial charge in [-0.2, -0.15) is 0 Å². The summed E-state index contributed by atoms with van der Waals surface area (Å²) in [6.45, 7) is 2.75. The van der Waals surface area contributed by atoms with E-state index in [0.717, 1.165) is 22.4 Å². The molecule has 27 heavy (non-hydrogen) atoms. The van der Waals surface area contributed by atoms with Crippen LogP contribution in [0.15, 0.2) is 84.9 Å². The molecule has 0 heterocycles. The highest BCUT2D eigenvalue weighted by Crippen LogP contribution is 2.24. The van der Waals surface area contributed by atoms with Crippen molar-refractivity contribution in [2.45, 2.75) is 25.9 Å². The molecule has 0 fully saturated rings. The fourth-order valence-corrected chi connectivity index (χ4v) is 2.96. The molecule has 0 N–H and O–H groups in total. The maximum Gasteiger partial charge on any atom is 0.313 e. The van der Waals surface area contributed by atoms with Crippen LogP contribution in [-0.4, -0.2) is 12.6 Å². The van der Waals surface area contributed by atoms with Crippen molar-refractivity contribution in [1.82, 2.24) is 0 Å². The average molecular weight is 360 g/mol. The molecule has 0 saturated heterocycles. The van der Waals surface area contributed by atoms with Gasteiger partial charge in [-0.15, -0.1) is 0 Å². The van der Waals surface area contributed by atoms with Gasteiger partial charge in [-0.05, 0) is 42.2 Å². The lowest BCUT2D eigenvalue weighted by Crippen LogP contribution is -2.18. The van der Waals surface area contributed by atoms with Gasteiger partial charge in [-0.25, -0.2) is 0 Å². The number of esters is 1. The van der Waals surface area contributed by atoms with Gasteiger partial charge in [0.2, 0.25) is 0 Å². The van der Waals surface area contributed by atoms with Crippen LogP contribution in [0.5, 0.6) is 5.75 Å². The minimum Gasteiger partial charge on any atom is -0.489 e. The molecule has 3 rings (SSSR count). The lowest BCUT2D eigenvalue weighted by atomic mass is 9.92. The van der Waals surface area contributed by atoms with Gasteiger partial charge in [0.25, 0.3) is 0 Å². The summed E-state index contributed by atoms with van der Waals surface area (Å²) in [6.07, 6.45) is 0.599. The topological polar surface area (TPSA) is 35.5 Å². The van der Waals surface area contributed by atoms with E-state index in [2.05, 4.69) is 0 Å². The summed E-state index contributed by atoms with van der Waals surface area (Å²) in [5.41, 5.74) is 3.18. The Balaban J connectivity index is 1.66. The molecule has 3 aromatic rings. The molecule has 0 amide bonds. The van der Waals surface area contributed by atoms with Crippen LogP contribution in [0.1, 0.15) is 29.5 Å². The zero-order chi connectivity index (χ0) is 18.9. The van der Waals surface area contributed by atoms with E-state index in [1.807, 2.05) is 91.9 Å². The minimum absolute atomic E-state index is 0.187. The summed E-state index contributed by atoms with van der Waals surface area (Å²) >= 11 is 0. The smallest absolute Gasteiger partial charge is 0.313 e. The first-order valence-corrected chi connectivity index (χ1v) is 9.23. The molecule has 0 aliphatic rings. The lowest BCUT2D eigenvalue weighted by molar-refractivity contribution is -0.144. The third-order valence-corrected chi connectivity index (χ3v) is 4.38. The van der Waals surface area contributed by atoms with E-state index in [1.54, 1.807) is 0 Å². The zero-order valence-electron chi connectivity index (χ0n) is 15.5. The Morgan fingerprint density at radius 1 is 0.815 bits per heavy atom. The molecule has 138 valence electrons. The highest BCUT2D eigenvalue weighted by atomic mass is 16.5. The van der Waals surface area contributed by atoms with Crippen LogP contribution >= 0.6 is 0 Å². The number of carbonyl (C=O) groups excluding carboxylic acids is 1. The summed E-state index contributed by atoms with van der Waals surface area (Å²) in [5.74, 6) is 0.324. The summed E-state index contributed by atoms with van der Waals surface area (Å²) < 4.78 is 11.1. The molecular formula is C24H24O3. The predicted molar refractivity (Wildman–Crippen MR) is 107 cm³/mol. The number of rotatable bonds is 8. The summed E-state index contributed by atoms with van der Waals surface area (Å²) in [7, 11) is 0. The third kappa shape index (κ3) is 5.45. The second-order valence-electron chi connectivity index (χ2n) is 6.34. The number of hydrogen-bond donors (Lipinski definition) is 0. The molecule has 1 unspecified atom stereocenters. The van der Waals surface area contributed by atoms with E-state index in [4.69, 9.17) is 9.47 Å². The van der Waals surface area contributed by atoms with Gasteiger partial charge >= 0.3 is 5.97 Å². The van der Waals surface area contributed by atoms with Crippen LogP contribution < -0.4 is 4.74 Å². The van der Waals surface area contributed by atoms with Crippen molar-refractivity contribution in [3.63, 3.8) is 0 Å². The van der Waals surface area contributed by atoms with Crippen LogP contribution in [0.4, 0.5) is 0 Å². The molecule has 0 aliphatic carbocycles. The standard InChI is InChI=1S/C24H24O3/c1-2-26-24(25)23(21-11-7-4-8-12-21)17-19-13-15-22(16-14-19)27-18-20-9-5-3-6-10-20/h3-16,23H,2,17-18H2,1H3. The number of benzene rings is 3. The van der Waals surface area contributed by atoms with Gasteiger partial charge < -0.3 is 9.47 Å². The molecule has 1 atom stereocenters. The minimum atomic E-state index is -0.303. The van der Waals surface area contributed by atoms with Crippen LogP contribution in [0.2, 0.25) is 0 Å². The Morgan fingerprint density at radius 2 is 1.44 bits per heavy atom. The molecule has 0 aliphatic heterocycles. The third-order valence-electron chi connectivity index (χ3n) is 4.38. The summed E-state index contributed by atoms with van der Waals surface area (Å²) in [5, 5.41) is 0. The first-order chi connectivity index (χ1) is 13.3. The Labute approximate surface area is 160 Å². The molecule has 0 radical (unpaired) electrons. The maximum absolute atomic E-state index is 12.4. The van der Waals surface area contributed by atoms with Crippen molar-refractivity contribution in [3.05, 3.63) is 102 Å². The Morgan fingerprint density at radius 3 is 2.07 bits per heavy atom. The van der Waals surface area contributed by atoms with Crippen molar-refractivity contribution in [2.24, 2.45) is 0 Å². The van der Waals surface area contributed by atoms with Gasteiger partial charge in [-0.1, -0.05) is 72.8 Å². The Kier molecular flexibility index (Phi) is 6.64. The van der Waals surface area contributed by atoms with Crippen LogP contribution in [0.3, 0.4) is 0 Å². The molecular weight excluding hydrogens is 336 g/mol. The molecule has 3 heteroatoms. The van der Waals surface area contributed by atoms with Gasteiger partial charge in [-0.3, -0.25) is 4.79 Å².